The predicted molar refractivity (Wildman–Crippen MR) is 89.4 cm³/mol. The first-order valence-electron chi connectivity index (χ1n) is 7.94. The maximum Gasteiger partial charge on any atom is 0.222 e. The number of nitrogens with zero attached hydrogens (tertiary/aromatic N) is 3. The van der Waals surface area contributed by atoms with Gasteiger partial charge in [0.15, 0.2) is 6.10 Å². The van der Waals surface area contributed by atoms with Gasteiger partial charge in [0.05, 0.1) is 40.4 Å². The summed E-state index contributed by atoms with van der Waals surface area (Å²) < 4.78 is 6.11. The van der Waals surface area contributed by atoms with E-state index >= 15 is 0 Å². The Kier molecular flexibility index (Phi) is 3.75. The van der Waals surface area contributed by atoms with Gasteiger partial charge < -0.3 is 15.4 Å². The monoisotopic (exact) mass is 342 g/mol. The molecule has 3 aliphatic rings. The average Bonchev–Trinajstić information content (AvgIpc) is 3.12. The number of anilines is 2. The summed E-state index contributed by atoms with van der Waals surface area (Å²) in [7, 11) is 0. The molecule has 0 amide bonds. The molecule has 5 rings (SSSR count). The summed E-state index contributed by atoms with van der Waals surface area (Å²) in [6, 6.07) is 8.45. The zero-order chi connectivity index (χ0) is 16.7. The maximum atomic E-state index is 8.91. The van der Waals surface area contributed by atoms with Gasteiger partial charge in [-0.1, -0.05) is 11.6 Å². The minimum atomic E-state index is 0.231. The minimum absolute atomic E-state index is 0.231. The SMILES string of the molecule is Cc1c(Nc2ccc(C#N)cc2Cl)ncnc1OC1CC2CC1[NH2+]2. The molecular weight excluding hydrogens is 326 g/mol. The second-order valence-electron chi connectivity index (χ2n) is 6.33. The molecule has 1 aromatic heterocycles. The molecular formula is C17H17ClN5O+. The van der Waals surface area contributed by atoms with Crippen LogP contribution in [0.5, 0.6) is 5.88 Å². The van der Waals surface area contributed by atoms with E-state index in [1.165, 1.54) is 12.7 Å². The van der Waals surface area contributed by atoms with E-state index in [1.54, 1.807) is 18.2 Å². The number of nitrogens with one attached hydrogen (secondary N) is 1. The molecule has 122 valence electrons. The van der Waals surface area contributed by atoms with Crippen LogP contribution in [0, 0.1) is 18.3 Å². The van der Waals surface area contributed by atoms with Gasteiger partial charge in [0.1, 0.15) is 18.2 Å². The number of rotatable bonds is 4. The molecule has 1 aliphatic carbocycles. The summed E-state index contributed by atoms with van der Waals surface area (Å²) in [5.74, 6) is 1.27. The molecule has 3 heterocycles. The maximum absolute atomic E-state index is 8.91. The first-order valence-corrected chi connectivity index (χ1v) is 8.32. The second-order valence-corrected chi connectivity index (χ2v) is 6.74. The molecule has 1 saturated carbocycles. The fourth-order valence-corrected chi connectivity index (χ4v) is 3.58. The summed E-state index contributed by atoms with van der Waals surface area (Å²) in [6.45, 7) is 1.93. The first-order chi connectivity index (χ1) is 11.6. The summed E-state index contributed by atoms with van der Waals surface area (Å²) in [6.07, 6.45) is 4.04. The van der Waals surface area contributed by atoms with Gasteiger partial charge in [0.2, 0.25) is 5.88 Å². The summed E-state index contributed by atoms with van der Waals surface area (Å²) >= 11 is 6.22. The van der Waals surface area contributed by atoms with Gasteiger partial charge in [-0.05, 0) is 25.1 Å². The third-order valence-electron chi connectivity index (χ3n) is 4.76. The lowest BCUT2D eigenvalue weighted by Crippen LogP contribution is -3.01. The lowest BCUT2D eigenvalue weighted by atomic mass is 10.1. The smallest absolute Gasteiger partial charge is 0.222 e. The fourth-order valence-electron chi connectivity index (χ4n) is 3.36. The van der Waals surface area contributed by atoms with Crippen molar-refractivity contribution in [3.8, 4) is 11.9 Å². The van der Waals surface area contributed by atoms with Gasteiger partial charge in [0, 0.05) is 6.42 Å². The number of benzene rings is 1. The van der Waals surface area contributed by atoms with Crippen molar-refractivity contribution in [3.05, 3.63) is 40.7 Å². The van der Waals surface area contributed by atoms with Crippen molar-refractivity contribution in [1.82, 2.24) is 9.97 Å². The zero-order valence-corrected chi connectivity index (χ0v) is 13.9. The number of quaternary nitrogens is 1. The van der Waals surface area contributed by atoms with E-state index in [2.05, 4.69) is 26.7 Å². The quantitative estimate of drug-likeness (QED) is 0.886. The van der Waals surface area contributed by atoms with Gasteiger partial charge in [-0.25, -0.2) is 9.97 Å². The molecule has 24 heavy (non-hydrogen) atoms. The Morgan fingerprint density at radius 3 is 2.88 bits per heavy atom. The van der Waals surface area contributed by atoms with Crippen molar-refractivity contribution < 1.29 is 10.1 Å². The molecule has 3 atom stereocenters. The Morgan fingerprint density at radius 2 is 2.21 bits per heavy atom. The minimum Gasteiger partial charge on any atom is -0.467 e. The standard InChI is InChI=1S/C17H16ClN5O/c1-9-16(23-13-3-2-10(7-19)4-12(13)18)20-8-21-17(9)24-15-6-11-5-14(15)22-11/h2-4,8,11,14-15,22H,5-6H2,1H3,(H,20,21,23)/p+1. The van der Waals surface area contributed by atoms with E-state index in [0.717, 1.165) is 18.0 Å². The molecule has 2 aromatic rings. The van der Waals surface area contributed by atoms with Crippen LogP contribution in [0.4, 0.5) is 11.5 Å². The summed E-state index contributed by atoms with van der Waals surface area (Å²) in [5.41, 5.74) is 2.06. The molecule has 6 nitrogen and oxygen atoms in total. The van der Waals surface area contributed by atoms with Crippen molar-refractivity contribution >= 4 is 23.1 Å². The lowest BCUT2D eigenvalue weighted by molar-refractivity contribution is -0.759. The van der Waals surface area contributed by atoms with Crippen molar-refractivity contribution in [1.29, 1.82) is 5.26 Å². The molecule has 2 aliphatic heterocycles. The Morgan fingerprint density at radius 1 is 1.38 bits per heavy atom. The number of nitriles is 1. The highest BCUT2D eigenvalue weighted by molar-refractivity contribution is 6.33. The van der Waals surface area contributed by atoms with E-state index in [4.69, 9.17) is 21.6 Å². The van der Waals surface area contributed by atoms with Crippen LogP contribution in [0.25, 0.3) is 0 Å². The highest BCUT2D eigenvalue weighted by atomic mass is 35.5. The van der Waals surface area contributed by atoms with Crippen LogP contribution in [0.15, 0.2) is 24.5 Å². The van der Waals surface area contributed by atoms with Gasteiger partial charge in [-0.2, -0.15) is 5.26 Å². The number of hydrogen-bond donors (Lipinski definition) is 2. The molecule has 2 saturated heterocycles. The molecule has 1 aromatic carbocycles. The Hall–Kier alpha value is -2.36. The summed E-state index contributed by atoms with van der Waals surface area (Å²) in [5, 5.41) is 15.0. The topological polar surface area (TPSA) is 87.4 Å². The highest BCUT2D eigenvalue weighted by Gasteiger charge is 2.51. The van der Waals surface area contributed by atoms with Crippen molar-refractivity contribution in [3.63, 3.8) is 0 Å². The number of nitrogens with two attached hydrogens (primary N) is 1. The van der Waals surface area contributed by atoms with Crippen LogP contribution < -0.4 is 15.4 Å². The molecule has 3 fully saturated rings. The van der Waals surface area contributed by atoms with Gasteiger partial charge in [-0.3, -0.25) is 0 Å². The van der Waals surface area contributed by atoms with Gasteiger partial charge >= 0.3 is 0 Å². The molecule has 7 heteroatoms. The number of hydrogen-bond acceptors (Lipinski definition) is 5. The van der Waals surface area contributed by atoms with Crippen LogP contribution in [-0.2, 0) is 0 Å². The van der Waals surface area contributed by atoms with Crippen LogP contribution >= 0.6 is 11.6 Å². The van der Waals surface area contributed by atoms with Crippen molar-refractivity contribution in [2.24, 2.45) is 0 Å². The predicted octanol–water partition coefficient (Wildman–Crippen LogP) is 1.91. The van der Waals surface area contributed by atoms with Gasteiger partial charge in [0.25, 0.3) is 0 Å². The summed E-state index contributed by atoms with van der Waals surface area (Å²) in [4.78, 5) is 8.57. The fraction of sp³-hybridized carbons (Fsp3) is 0.353. The van der Waals surface area contributed by atoms with Crippen molar-refractivity contribution in [2.75, 3.05) is 5.32 Å². The third-order valence-corrected chi connectivity index (χ3v) is 5.07. The lowest BCUT2D eigenvalue weighted by Gasteiger charge is -2.22. The molecule has 3 N–H and O–H groups in total. The zero-order valence-electron chi connectivity index (χ0n) is 13.2. The van der Waals surface area contributed by atoms with E-state index in [0.29, 0.717) is 34.0 Å². The second kappa shape index (κ2) is 5.93. The normalized spacial score (nSPS) is 24.1. The average molecular weight is 343 g/mol. The molecule has 0 radical (unpaired) electrons. The van der Waals surface area contributed by atoms with E-state index in [9.17, 15) is 0 Å². The van der Waals surface area contributed by atoms with E-state index in [1.807, 2.05) is 6.92 Å². The van der Waals surface area contributed by atoms with Crippen LogP contribution in [0.2, 0.25) is 5.02 Å². The number of halogens is 1. The van der Waals surface area contributed by atoms with Crippen LogP contribution in [-0.4, -0.2) is 28.2 Å². The largest absolute Gasteiger partial charge is 0.467 e. The van der Waals surface area contributed by atoms with Crippen molar-refractivity contribution in [2.45, 2.75) is 38.0 Å². The Bertz CT molecular complexity index is 828. The highest BCUT2D eigenvalue weighted by Crippen LogP contribution is 2.32. The van der Waals surface area contributed by atoms with E-state index in [-0.39, 0.29) is 6.10 Å². The third kappa shape index (κ3) is 2.66. The van der Waals surface area contributed by atoms with Gasteiger partial charge in [-0.15, -0.1) is 0 Å². The number of aromatic nitrogens is 2. The number of ether oxygens (including phenoxy) is 1. The first kappa shape index (κ1) is 15.2. The van der Waals surface area contributed by atoms with E-state index < -0.39 is 0 Å². The Balaban J connectivity index is 1.55. The molecule has 2 bridgehead atoms. The van der Waals surface area contributed by atoms with Crippen LogP contribution in [0.1, 0.15) is 24.0 Å². The van der Waals surface area contributed by atoms with Crippen LogP contribution in [0.3, 0.4) is 0 Å². The number of fused-ring (bicyclic) bond motifs is 1. The molecule has 0 spiro atoms. The molecule has 3 unspecified atom stereocenters. The Labute approximate surface area is 144 Å².